The molecule has 0 aliphatic carbocycles. The molecule has 1 N–H and O–H groups in total. The molecular weight excluding hydrogens is 466 g/mol. The van der Waals surface area contributed by atoms with E-state index < -0.39 is 30.8 Å². The second-order valence-corrected chi connectivity index (χ2v) is 12.4. The first-order chi connectivity index (χ1) is 15.5. The number of amides is 1. The first-order valence-corrected chi connectivity index (χ1v) is 13.5. The Hall–Kier alpha value is -3.05. The Balaban J connectivity index is 1.56. The van der Waals surface area contributed by atoms with E-state index in [0.717, 1.165) is 5.56 Å². The third-order valence-electron chi connectivity index (χ3n) is 4.92. The maximum Gasteiger partial charge on any atom is 0.322 e. The Bertz CT molecular complexity index is 1330. The van der Waals surface area contributed by atoms with Crippen LogP contribution in [0.4, 0.5) is 6.01 Å². The van der Waals surface area contributed by atoms with Crippen LogP contribution in [-0.4, -0.2) is 43.9 Å². The van der Waals surface area contributed by atoms with Crippen LogP contribution in [0.1, 0.15) is 32.3 Å². The molecule has 0 atom stereocenters. The minimum atomic E-state index is -3.47. The number of nitrogens with one attached hydrogen (secondary N) is 1. The van der Waals surface area contributed by atoms with E-state index in [-0.39, 0.29) is 40.3 Å². The average Bonchev–Trinajstić information content (AvgIpc) is 3.22. The van der Waals surface area contributed by atoms with E-state index in [1.165, 1.54) is 12.1 Å². The molecule has 2 aromatic carbocycles. The number of carbonyl (C=O) groups excluding carboxylic acids is 1. The number of aromatic nitrogens is 2. The summed E-state index contributed by atoms with van der Waals surface area (Å²) in [7, 11) is -6.86. The van der Waals surface area contributed by atoms with Crippen LogP contribution >= 0.6 is 0 Å². The molecule has 9 nitrogen and oxygen atoms in total. The van der Waals surface area contributed by atoms with E-state index in [2.05, 4.69) is 15.5 Å². The zero-order valence-corrected chi connectivity index (χ0v) is 20.1. The van der Waals surface area contributed by atoms with Crippen molar-refractivity contribution in [3.8, 4) is 11.5 Å². The van der Waals surface area contributed by atoms with Crippen molar-refractivity contribution in [2.75, 3.05) is 11.1 Å². The number of aryl methyl sites for hydroxylation is 1. The second kappa shape index (κ2) is 9.84. The summed E-state index contributed by atoms with van der Waals surface area (Å²) < 4.78 is 54.6. The second-order valence-electron chi connectivity index (χ2n) is 7.81. The molecule has 1 aromatic heterocycles. The van der Waals surface area contributed by atoms with Gasteiger partial charge in [-0.3, -0.25) is 10.1 Å². The van der Waals surface area contributed by atoms with Crippen molar-refractivity contribution in [3.63, 3.8) is 0 Å². The fourth-order valence-electron chi connectivity index (χ4n) is 2.92. The summed E-state index contributed by atoms with van der Waals surface area (Å²) in [6.45, 7) is 5.08. The van der Waals surface area contributed by atoms with Crippen LogP contribution in [0.25, 0.3) is 11.5 Å². The quantitative estimate of drug-likeness (QED) is 0.481. The molecule has 0 fully saturated rings. The summed E-state index contributed by atoms with van der Waals surface area (Å²) in [6, 6.07) is 12.4. The van der Waals surface area contributed by atoms with Crippen LogP contribution in [0.5, 0.6) is 0 Å². The van der Waals surface area contributed by atoms with Gasteiger partial charge in [-0.05, 0) is 63.6 Å². The number of hydrogen-bond acceptors (Lipinski definition) is 8. The maximum absolute atomic E-state index is 12.4. The van der Waals surface area contributed by atoms with E-state index in [4.69, 9.17) is 4.42 Å². The number of benzene rings is 2. The van der Waals surface area contributed by atoms with Gasteiger partial charge in [0.05, 0.1) is 20.8 Å². The van der Waals surface area contributed by atoms with Crippen molar-refractivity contribution in [1.29, 1.82) is 0 Å². The summed E-state index contributed by atoms with van der Waals surface area (Å²) in [5, 5.41) is 9.52. The van der Waals surface area contributed by atoms with Crippen molar-refractivity contribution >= 4 is 31.6 Å². The van der Waals surface area contributed by atoms with Gasteiger partial charge in [-0.25, -0.2) is 16.8 Å². The van der Waals surface area contributed by atoms with E-state index in [1.54, 1.807) is 50.2 Å². The Kier molecular flexibility index (Phi) is 7.33. The Morgan fingerprint density at radius 1 is 0.939 bits per heavy atom. The van der Waals surface area contributed by atoms with E-state index in [0.29, 0.717) is 5.56 Å². The molecule has 0 bridgehead atoms. The van der Waals surface area contributed by atoms with E-state index >= 15 is 0 Å². The smallest absolute Gasteiger partial charge is 0.322 e. The van der Waals surface area contributed by atoms with Crippen molar-refractivity contribution < 1.29 is 26.0 Å². The number of anilines is 1. The molecule has 0 radical (unpaired) electrons. The normalized spacial score (nSPS) is 12.1. The monoisotopic (exact) mass is 491 g/mol. The molecule has 33 heavy (non-hydrogen) atoms. The molecule has 0 unspecified atom stereocenters. The summed E-state index contributed by atoms with van der Waals surface area (Å²) in [4.78, 5) is 12.6. The highest BCUT2D eigenvalue weighted by atomic mass is 32.2. The SMILES string of the molecule is Cc1ccc(S(=O)(=O)CCCC(=O)Nc2nnc(-c3ccc(S(=O)(=O)C(C)C)cc3)o2)cc1. The van der Waals surface area contributed by atoms with Crippen LogP contribution in [0.3, 0.4) is 0 Å². The Labute approximate surface area is 193 Å². The summed E-state index contributed by atoms with van der Waals surface area (Å²) in [5.74, 6) is -0.507. The first kappa shape index (κ1) is 24.6. The van der Waals surface area contributed by atoms with Gasteiger partial charge in [0.1, 0.15) is 0 Å². The minimum absolute atomic E-state index is 0.0371. The highest BCUT2D eigenvalue weighted by Gasteiger charge is 2.20. The average molecular weight is 492 g/mol. The van der Waals surface area contributed by atoms with E-state index in [1.807, 2.05) is 6.92 Å². The van der Waals surface area contributed by atoms with Crippen molar-refractivity contribution in [2.24, 2.45) is 0 Å². The zero-order valence-electron chi connectivity index (χ0n) is 18.5. The molecule has 0 aliphatic heterocycles. The number of sulfone groups is 2. The molecule has 3 aromatic rings. The fourth-order valence-corrected chi connectivity index (χ4v) is 5.29. The molecule has 176 valence electrons. The third-order valence-corrected chi connectivity index (χ3v) is 8.91. The van der Waals surface area contributed by atoms with Gasteiger partial charge in [0.2, 0.25) is 11.8 Å². The number of hydrogen-bond donors (Lipinski definition) is 1. The molecule has 0 aliphatic rings. The molecule has 0 spiro atoms. The van der Waals surface area contributed by atoms with Crippen LogP contribution < -0.4 is 5.32 Å². The lowest BCUT2D eigenvalue weighted by molar-refractivity contribution is -0.116. The highest BCUT2D eigenvalue weighted by molar-refractivity contribution is 7.92. The molecule has 0 saturated carbocycles. The lowest BCUT2D eigenvalue weighted by atomic mass is 10.2. The summed E-state index contributed by atoms with van der Waals surface area (Å²) >= 11 is 0. The lowest BCUT2D eigenvalue weighted by Crippen LogP contribution is -2.14. The number of nitrogens with zero attached hydrogens (tertiary/aromatic N) is 2. The van der Waals surface area contributed by atoms with Gasteiger partial charge in [-0.2, -0.15) is 0 Å². The van der Waals surface area contributed by atoms with Gasteiger partial charge in [0, 0.05) is 12.0 Å². The van der Waals surface area contributed by atoms with Crippen molar-refractivity contribution in [2.45, 2.75) is 48.7 Å². The predicted molar refractivity (Wildman–Crippen MR) is 123 cm³/mol. The highest BCUT2D eigenvalue weighted by Crippen LogP contribution is 2.23. The molecule has 1 heterocycles. The number of carbonyl (C=O) groups is 1. The van der Waals surface area contributed by atoms with Crippen molar-refractivity contribution in [3.05, 3.63) is 54.1 Å². The minimum Gasteiger partial charge on any atom is -0.403 e. The Morgan fingerprint density at radius 3 is 2.15 bits per heavy atom. The van der Waals surface area contributed by atoms with Gasteiger partial charge in [-0.1, -0.05) is 22.8 Å². The Morgan fingerprint density at radius 2 is 1.55 bits per heavy atom. The van der Waals surface area contributed by atoms with Gasteiger partial charge in [0.15, 0.2) is 19.7 Å². The van der Waals surface area contributed by atoms with Crippen LogP contribution in [0.2, 0.25) is 0 Å². The van der Waals surface area contributed by atoms with Gasteiger partial charge >= 0.3 is 6.01 Å². The number of rotatable bonds is 9. The maximum atomic E-state index is 12.4. The van der Waals surface area contributed by atoms with Gasteiger partial charge in [0.25, 0.3) is 0 Å². The predicted octanol–water partition coefficient (Wildman–Crippen LogP) is 3.42. The van der Waals surface area contributed by atoms with Crippen molar-refractivity contribution in [1.82, 2.24) is 10.2 Å². The third kappa shape index (κ3) is 6.05. The van der Waals surface area contributed by atoms with E-state index in [9.17, 15) is 21.6 Å². The van der Waals surface area contributed by atoms with Crippen LogP contribution in [0.15, 0.2) is 62.7 Å². The van der Waals surface area contributed by atoms with Gasteiger partial charge < -0.3 is 4.42 Å². The van der Waals surface area contributed by atoms with Crippen LogP contribution in [0, 0.1) is 6.92 Å². The lowest BCUT2D eigenvalue weighted by Gasteiger charge is -2.07. The molecular formula is C22H25N3O6S2. The first-order valence-electron chi connectivity index (χ1n) is 10.3. The molecule has 11 heteroatoms. The zero-order chi connectivity index (χ0) is 24.2. The summed E-state index contributed by atoms with van der Waals surface area (Å²) in [5.41, 5.74) is 1.46. The molecule has 1 amide bonds. The summed E-state index contributed by atoms with van der Waals surface area (Å²) in [6.07, 6.45) is 0.0966. The van der Waals surface area contributed by atoms with Crippen LogP contribution in [-0.2, 0) is 24.5 Å². The largest absolute Gasteiger partial charge is 0.403 e. The topological polar surface area (TPSA) is 136 Å². The fraction of sp³-hybridized carbons (Fsp3) is 0.318. The molecule has 0 saturated heterocycles. The molecule has 3 rings (SSSR count). The standard InChI is InChI=1S/C22H25N3O6S2/c1-15(2)33(29,30)19-12-8-17(9-13-19)21-24-25-22(31-21)23-20(26)5-4-14-32(27,28)18-10-6-16(3)7-11-18/h6-13,15H,4-5,14H2,1-3H3,(H,23,25,26). The van der Waals surface area contributed by atoms with Gasteiger partial charge in [-0.15, -0.1) is 5.10 Å².